The van der Waals surface area contributed by atoms with Crippen LogP contribution < -0.4 is 9.80 Å². The summed E-state index contributed by atoms with van der Waals surface area (Å²) in [5, 5.41) is 10.5. The zero-order chi connectivity index (χ0) is 20.5. The van der Waals surface area contributed by atoms with Crippen LogP contribution in [-0.4, -0.2) is 39.6 Å². The number of aliphatic hydroxyl groups excluding tert-OH is 1. The van der Waals surface area contributed by atoms with E-state index >= 15 is 0 Å². The first-order valence-electron chi connectivity index (χ1n) is 9.28. The van der Waals surface area contributed by atoms with E-state index in [9.17, 15) is 14.3 Å². The van der Waals surface area contributed by atoms with Crippen LogP contribution in [0.1, 0.15) is 34.5 Å². The second-order valence-electron chi connectivity index (χ2n) is 6.80. The van der Waals surface area contributed by atoms with Gasteiger partial charge >= 0.3 is 0 Å². The normalized spacial score (nSPS) is 14.3. The van der Waals surface area contributed by atoms with Gasteiger partial charge in [-0.3, -0.25) is 9.78 Å². The molecule has 1 unspecified atom stereocenters. The van der Waals surface area contributed by atoms with Crippen molar-refractivity contribution < 1.29 is 14.3 Å². The van der Waals surface area contributed by atoms with Crippen LogP contribution in [0.3, 0.4) is 0 Å². The van der Waals surface area contributed by atoms with E-state index in [2.05, 4.69) is 15.0 Å². The molecule has 4 heterocycles. The lowest BCUT2D eigenvalue weighted by Crippen LogP contribution is -2.25. The number of nitrogens with zero attached hydrogens (tertiary/aromatic N) is 5. The largest absolute Gasteiger partial charge is 0.388 e. The van der Waals surface area contributed by atoms with Gasteiger partial charge in [-0.2, -0.15) is 9.37 Å². The zero-order valence-electron chi connectivity index (χ0n) is 16.1. The number of amides is 1. The van der Waals surface area contributed by atoms with Crippen molar-refractivity contribution in [1.29, 1.82) is 0 Å². The van der Waals surface area contributed by atoms with Crippen LogP contribution in [-0.2, 0) is 6.42 Å². The summed E-state index contributed by atoms with van der Waals surface area (Å²) in [6, 6.07) is 8.00. The predicted octanol–water partition coefficient (Wildman–Crippen LogP) is 3.03. The van der Waals surface area contributed by atoms with Gasteiger partial charge in [-0.05, 0) is 48.4 Å². The molecule has 0 aromatic carbocycles. The maximum atomic E-state index is 13.8. The van der Waals surface area contributed by atoms with Crippen LogP contribution in [0.2, 0.25) is 0 Å². The van der Waals surface area contributed by atoms with Crippen molar-refractivity contribution >= 4 is 23.2 Å². The molecule has 3 aromatic rings. The highest BCUT2D eigenvalue weighted by Crippen LogP contribution is 2.38. The molecule has 0 aliphatic carbocycles. The van der Waals surface area contributed by atoms with Crippen LogP contribution >= 0.6 is 0 Å². The lowest BCUT2D eigenvalue weighted by molar-refractivity contribution is 0.0993. The molecule has 0 spiro atoms. The number of halogens is 1. The Morgan fingerprint density at radius 2 is 1.93 bits per heavy atom. The van der Waals surface area contributed by atoms with Gasteiger partial charge in [-0.1, -0.05) is 0 Å². The molecule has 8 heteroatoms. The molecule has 1 N–H and O–H groups in total. The molecular formula is C21H20FN5O2. The molecule has 4 rings (SSSR count). The van der Waals surface area contributed by atoms with Gasteiger partial charge in [-0.15, -0.1) is 0 Å². The number of pyridine rings is 3. The van der Waals surface area contributed by atoms with E-state index < -0.39 is 12.1 Å². The molecule has 3 aromatic heterocycles. The molecule has 148 valence electrons. The molecule has 0 fully saturated rings. The molecule has 1 aliphatic rings. The van der Waals surface area contributed by atoms with Crippen LogP contribution in [0.5, 0.6) is 0 Å². The zero-order valence-corrected chi connectivity index (χ0v) is 16.1. The SMILES string of the molecule is CCN1c2ncc(CC(O)c3ccncc3)cc2C(=O)N(C)c2ccc(F)nc21. The molecule has 7 nitrogen and oxygen atoms in total. The van der Waals surface area contributed by atoms with E-state index in [0.717, 1.165) is 11.1 Å². The number of fused-ring (bicyclic) bond motifs is 2. The molecule has 1 amide bonds. The fraction of sp³-hybridized carbons (Fsp3) is 0.238. The van der Waals surface area contributed by atoms with Crippen LogP contribution in [0.15, 0.2) is 48.9 Å². The molecular weight excluding hydrogens is 373 g/mol. The number of carbonyl (C=O) groups is 1. The first kappa shape index (κ1) is 18.9. The summed E-state index contributed by atoms with van der Waals surface area (Å²) in [7, 11) is 1.63. The summed E-state index contributed by atoms with van der Waals surface area (Å²) in [4.78, 5) is 28.7. The van der Waals surface area contributed by atoms with Crippen LogP contribution in [0.25, 0.3) is 0 Å². The second kappa shape index (κ2) is 7.56. The van der Waals surface area contributed by atoms with Gasteiger partial charge in [0.25, 0.3) is 5.91 Å². The molecule has 0 saturated heterocycles. The van der Waals surface area contributed by atoms with Gasteiger partial charge in [0.1, 0.15) is 5.82 Å². The van der Waals surface area contributed by atoms with Crippen molar-refractivity contribution in [2.24, 2.45) is 0 Å². The highest BCUT2D eigenvalue weighted by Gasteiger charge is 2.31. The number of hydrogen-bond acceptors (Lipinski definition) is 6. The van der Waals surface area contributed by atoms with E-state index in [1.165, 1.54) is 17.0 Å². The molecule has 0 saturated carbocycles. The maximum absolute atomic E-state index is 13.8. The third-order valence-corrected chi connectivity index (χ3v) is 4.99. The Balaban J connectivity index is 1.75. The number of aromatic nitrogens is 3. The Hall–Kier alpha value is -3.39. The monoisotopic (exact) mass is 393 g/mol. The Labute approximate surface area is 167 Å². The second-order valence-corrected chi connectivity index (χ2v) is 6.80. The molecule has 1 atom stereocenters. The Morgan fingerprint density at radius 3 is 2.66 bits per heavy atom. The molecule has 0 radical (unpaired) electrons. The highest BCUT2D eigenvalue weighted by molar-refractivity contribution is 6.12. The van der Waals surface area contributed by atoms with Crippen molar-refractivity contribution in [3.05, 3.63) is 71.6 Å². The van der Waals surface area contributed by atoms with E-state index in [1.54, 1.807) is 48.7 Å². The number of rotatable bonds is 4. The standard InChI is InChI=1S/C21H20FN5O2/c1-3-27-19-15(21(29)26(2)16-4-5-18(22)25-20(16)27)10-13(12-24-19)11-17(28)14-6-8-23-9-7-14/h4-10,12,17,28H,3,11H2,1-2H3. The van der Waals surface area contributed by atoms with E-state index in [4.69, 9.17) is 0 Å². The average Bonchev–Trinajstić information content (AvgIpc) is 2.82. The van der Waals surface area contributed by atoms with Gasteiger partial charge < -0.3 is 14.9 Å². The maximum Gasteiger partial charge on any atom is 0.261 e. The first-order chi connectivity index (χ1) is 14.0. The quantitative estimate of drug-likeness (QED) is 0.686. The summed E-state index contributed by atoms with van der Waals surface area (Å²) < 4.78 is 13.8. The number of aliphatic hydroxyl groups is 1. The number of hydrogen-bond donors (Lipinski definition) is 1. The van der Waals surface area contributed by atoms with Crippen molar-refractivity contribution in [3.8, 4) is 0 Å². The average molecular weight is 393 g/mol. The summed E-state index contributed by atoms with van der Waals surface area (Å²) in [6.45, 7) is 2.35. The molecule has 29 heavy (non-hydrogen) atoms. The highest BCUT2D eigenvalue weighted by atomic mass is 19.1. The van der Waals surface area contributed by atoms with Gasteiger partial charge in [-0.25, -0.2) is 4.98 Å². The van der Waals surface area contributed by atoms with Gasteiger partial charge in [0.15, 0.2) is 5.82 Å². The van der Waals surface area contributed by atoms with Crippen molar-refractivity contribution in [1.82, 2.24) is 15.0 Å². The minimum atomic E-state index is -0.744. The number of carbonyl (C=O) groups excluding carboxylic acids is 1. The summed E-state index contributed by atoms with van der Waals surface area (Å²) in [5.41, 5.74) is 2.35. The van der Waals surface area contributed by atoms with E-state index in [1.807, 2.05) is 6.92 Å². The first-order valence-corrected chi connectivity index (χ1v) is 9.28. The molecule has 0 bridgehead atoms. The predicted molar refractivity (Wildman–Crippen MR) is 107 cm³/mol. The summed E-state index contributed by atoms with van der Waals surface area (Å²) >= 11 is 0. The van der Waals surface area contributed by atoms with Gasteiger partial charge in [0, 0.05) is 38.6 Å². The van der Waals surface area contributed by atoms with Crippen LogP contribution in [0, 0.1) is 5.95 Å². The summed E-state index contributed by atoms with van der Waals surface area (Å²) in [5.74, 6) is -0.121. The van der Waals surface area contributed by atoms with Crippen molar-refractivity contribution in [3.63, 3.8) is 0 Å². The lowest BCUT2D eigenvalue weighted by Gasteiger charge is -2.22. The third-order valence-electron chi connectivity index (χ3n) is 4.99. The lowest BCUT2D eigenvalue weighted by atomic mass is 10.0. The fourth-order valence-electron chi connectivity index (χ4n) is 3.48. The Bertz CT molecular complexity index is 1060. The Kier molecular flexibility index (Phi) is 4.94. The van der Waals surface area contributed by atoms with Crippen LogP contribution in [0.4, 0.5) is 21.7 Å². The smallest absolute Gasteiger partial charge is 0.261 e. The summed E-state index contributed by atoms with van der Waals surface area (Å²) in [6.07, 6.45) is 4.42. The van der Waals surface area contributed by atoms with E-state index in [0.29, 0.717) is 35.9 Å². The number of anilines is 3. The third kappa shape index (κ3) is 3.42. The van der Waals surface area contributed by atoms with Crippen molar-refractivity contribution in [2.45, 2.75) is 19.4 Å². The Morgan fingerprint density at radius 1 is 1.17 bits per heavy atom. The van der Waals surface area contributed by atoms with Crippen molar-refractivity contribution in [2.75, 3.05) is 23.4 Å². The van der Waals surface area contributed by atoms with Gasteiger partial charge in [0.2, 0.25) is 5.95 Å². The van der Waals surface area contributed by atoms with E-state index in [-0.39, 0.29) is 5.91 Å². The topological polar surface area (TPSA) is 82.4 Å². The molecule has 1 aliphatic heterocycles. The minimum absolute atomic E-state index is 0.265. The minimum Gasteiger partial charge on any atom is -0.388 e. The fourth-order valence-corrected chi connectivity index (χ4v) is 3.48. The van der Waals surface area contributed by atoms with Gasteiger partial charge in [0.05, 0.1) is 17.4 Å².